The second-order valence-electron chi connectivity index (χ2n) is 2.99. The molecule has 1 rings (SSSR count). The van der Waals surface area contributed by atoms with E-state index >= 15 is 0 Å². The van der Waals surface area contributed by atoms with E-state index in [-0.39, 0.29) is 18.8 Å². The Balaban J connectivity index is 2.12. The predicted molar refractivity (Wildman–Crippen MR) is 44.4 cm³/mol. The van der Waals surface area contributed by atoms with Crippen LogP contribution in [0.4, 0.5) is 0 Å². The molecule has 2 atom stereocenters. The van der Waals surface area contributed by atoms with Crippen LogP contribution >= 0.6 is 0 Å². The van der Waals surface area contributed by atoms with Crippen LogP contribution in [-0.2, 0) is 19.0 Å². The smallest absolute Gasteiger partial charge is 0.264 e. The zero-order valence-corrected chi connectivity index (χ0v) is 8.13. The quantitative estimate of drug-likeness (QED) is 0.473. The maximum atomic E-state index is 10.6. The zero-order valence-electron chi connectivity index (χ0n) is 7.32. The number of epoxide rings is 1. The number of rotatable bonds is 5. The molecule has 1 heterocycles. The molecule has 1 fully saturated rings. The van der Waals surface area contributed by atoms with E-state index in [4.69, 9.17) is 4.74 Å². The Labute approximate surface area is 73.0 Å². The van der Waals surface area contributed by atoms with E-state index in [9.17, 15) is 8.42 Å². The maximum Gasteiger partial charge on any atom is 0.264 e. The molecule has 0 amide bonds. The Hall–Kier alpha value is -0.130. The van der Waals surface area contributed by atoms with Gasteiger partial charge < -0.3 is 4.74 Å². The molecule has 1 aliphatic rings. The maximum absolute atomic E-state index is 10.6. The van der Waals surface area contributed by atoms with Crippen LogP contribution in [0.15, 0.2) is 0 Å². The summed E-state index contributed by atoms with van der Waals surface area (Å²) >= 11 is 0. The Bertz CT molecular complexity index is 234. The molecule has 12 heavy (non-hydrogen) atoms. The topological polar surface area (TPSA) is 55.9 Å². The van der Waals surface area contributed by atoms with Crippen LogP contribution in [-0.4, -0.2) is 33.5 Å². The average molecular weight is 194 g/mol. The lowest BCUT2D eigenvalue weighted by Gasteiger charge is -1.95. The number of ether oxygens (including phenoxy) is 1. The van der Waals surface area contributed by atoms with Crippen molar-refractivity contribution in [3.8, 4) is 0 Å². The summed E-state index contributed by atoms with van der Waals surface area (Å²) in [5.74, 6) is 0. The van der Waals surface area contributed by atoms with Crippen LogP contribution in [0.1, 0.15) is 19.8 Å². The molecule has 1 saturated heterocycles. The van der Waals surface area contributed by atoms with Crippen molar-refractivity contribution in [3.05, 3.63) is 0 Å². The Morgan fingerprint density at radius 2 is 2.08 bits per heavy atom. The highest BCUT2D eigenvalue weighted by molar-refractivity contribution is 7.85. The van der Waals surface area contributed by atoms with Crippen molar-refractivity contribution < 1.29 is 17.3 Å². The first-order valence-corrected chi connectivity index (χ1v) is 5.84. The molecule has 0 unspecified atom stereocenters. The molecule has 0 aromatic heterocycles. The molecule has 0 aliphatic carbocycles. The fourth-order valence-corrected chi connectivity index (χ4v) is 1.44. The van der Waals surface area contributed by atoms with E-state index in [1.54, 1.807) is 0 Å². The van der Waals surface area contributed by atoms with Crippen molar-refractivity contribution in [3.63, 3.8) is 0 Å². The minimum Gasteiger partial charge on any atom is -0.367 e. The van der Waals surface area contributed by atoms with E-state index in [1.807, 2.05) is 0 Å². The van der Waals surface area contributed by atoms with Crippen LogP contribution < -0.4 is 0 Å². The molecular formula is C7H14O4S. The minimum absolute atomic E-state index is 0.000301. The lowest BCUT2D eigenvalue weighted by Crippen LogP contribution is -2.10. The first-order valence-electron chi connectivity index (χ1n) is 4.03. The Morgan fingerprint density at radius 1 is 1.42 bits per heavy atom. The van der Waals surface area contributed by atoms with Gasteiger partial charge in [0.05, 0.1) is 19.0 Å². The van der Waals surface area contributed by atoms with Crippen LogP contribution in [0.25, 0.3) is 0 Å². The van der Waals surface area contributed by atoms with Crippen LogP contribution in [0, 0.1) is 0 Å². The van der Waals surface area contributed by atoms with Gasteiger partial charge in [0, 0.05) is 0 Å². The standard InChI is InChI=1S/C7H14O4S/c1-3-4-6-7(11-6)5-10-12(2,8)9/h6-7H,3-5H2,1-2H3/t6-,7+/m0/s1. The first-order chi connectivity index (χ1) is 5.53. The predicted octanol–water partition coefficient (Wildman–Crippen LogP) is 0.530. The molecule has 0 radical (unpaired) electrons. The molecule has 0 N–H and O–H groups in total. The van der Waals surface area contributed by atoms with Gasteiger partial charge in [0.2, 0.25) is 0 Å². The molecule has 0 saturated carbocycles. The molecule has 72 valence electrons. The average Bonchev–Trinajstić information content (AvgIpc) is 2.63. The normalized spacial score (nSPS) is 28.8. The van der Waals surface area contributed by atoms with E-state index in [0.29, 0.717) is 0 Å². The highest BCUT2D eigenvalue weighted by Crippen LogP contribution is 2.26. The summed E-state index contributed by atoms with van der Waals surface area (Å²) in [6.45, 7) is 2.24. The first kappa shape index (κ1) is 9.95. The van der Waals surface area contributed by atoms with Gasteiger partial charge in [-0.3, -0.25) is 4.18 Å². The molecule has 0 aromatic carbocycles. The van der Waals surface area contributed by atoms with Crippen molar-refractivity contribution >= 4 is 10.1 Å². The lowest BCUT2D eigenvalue weighted by atomic mass is 10.2. The van der Waals surface area contributed by atoms with Crippen LogP contribution in [0.2, 0.25) is 0 Å². The zero-order chi connectivity index (χ0) is 9.19. The summed E-state index contributed by atoms with van der Waals surface area (Å²) < 4.78 is 30.8. The van der Waals surface area contributed by atoms with Gasteiger partial charge in [-0.1, -0.05) is 13.3 Å². The Kier molecular flexibility index (Phi) is 3.09. The van der Waals surface area contributed by atoms with Gasteiger partial charge in [0.25, 0.3) is 10.1 Å². The summed E-state index contributed by atoms with van der Waals surface area (Å²) in [4.78, 5) is 0. The van der Waals surface area contributed by atoms with Gasteiger partial charge in [-0.25, -0.2) is 0 Å². The summed E-state index contributed by atoms with van der Waals surface area (Å²) in [6, 6.07) is 0. The summed E-state index contributed by atoms with van der Waals surface area (Å²) in [5, 5.41) is 0. The summed E-state index contributed by atoms with van der Waals surface area (Å²) in [5.41, 5.74) is 0. The third-order valence-corrected chi connectivity index (χ3v) is 2.27. The van der Waals surface area contributed by atoms with E-state index in [1.165, 1.54) is 0 Å². The minimum atomic E-state index is -3.30. The summed E-state index contributed by atoms with van der Waals surface area (Å²) in [6.07, 6.45) is 3.30. The third kappa shape index (κ3) is 3.51. The van der Waals surface area contributed by atoms with Crippen molar-refractivity contribution in [1.29, 1.82) is 0 Å². The van der Waals surface area contributed by atoms with Gasteiger partial charge in [0.15, 0.2) is 0 Å². The second kappa shape index (κ2) is 3.72. The lowest BCUT2D eigenvalue weighted by molar-refractivity contribution is 0.265. The van der Waals surface area contributed by atoms with Crippen LogP contribution in [0.3, 0.4) is 0 Å². The van der Waals surface area contributed by atoms with Crippen molar-refractivity contribution in [1.82, 2.24) is 0 Å². The van der Waals surface area contributed by atoms with Crippen molar-refractivity contribution in [2.24, 2.45) is 0 Å². The second-order valence-corrected chi connectivity index (χ2v) is 4.63. The molecule has 1 aliphatic heterocycles. The van der Waals surface area contributed by atoms with Crippen LogP contribution in [0.5, 0.6) is 0 Å². The molecule has 0 aromatic rings. The summed E-state index contributed by atoms with van der Waals surface area (Å²) in [7, 11) is -3.30. The SMILES string of the molecule is CCC[C@@H]1O[C@@H]1COS(C)(=O)=O. The number of hydrogen-bond donors (Lipinski definition) is 0. The Morgan fingerprint density at radius 3 is 2.58 bits per heavy atom. The van der Waals surface area contributed by atoms with Gasteiger partial charge >= 0.3 is 0 Å². The third-order valence-electron chi connectivity index (χ3n) is 1.71. The molecule has 0 bridgehead atoms. The monoisotopic (exact) mass is 194 g/mol. The van der Waals surface area contributed by atoms with Gasteiger partial charge in [0.1, 0.15) is 6.10 Å². The van der Waals surface area contributed by atoms with E-state index in [0.717, 1.165) is 19.1 Å². The molecular weight excluding hydrogens is 180 g/mol. The van der Waals surface area contributed by atoms with Gasteiger partial charge in [-0.2, -0.15) is 8.42 Å². The van der Waals surface area contributed by atoms with E-state index in [2.05, 4.69) is 11.1 Å². The van der Waals surface area contributed by atoms with Crippen molar-refractivity contribution in [2.75, 3.05) is 12.9 Å². The molecule has 0 spiro atoms. The highest BCUT2D eigenvalue weighted by atomic mass is 32.2. The largest absolute Gasteiger partial charge is 0.367 e. The fourth-order valence-electron chi connectivity index (χ4n) is 1.05. The molecule has 4 nitrogen and oxygen atoms in total. The van der Waals surface area contributed by atoms with E-state index < -0.39 is 10.1 Å². The number of hydrogen-bond acceptors (Lipinski definition) is 4. The van der Waals surface area contributed by atoms with Crippen molar-refractivity contribution in [2.45, 2.75) is 32.0 Å². The fraction of sp³-hybridized carbons (Fsp3) is 1.00. The highest BCUT2D eigenvalue weighted by Gasteiger charge is 2.38. The van der Waals surface area contributed by atoms with Gasteiger partial charge in [-0.15, -0.1) is 0 Å². The molecule has 5 heteroatoms. The van der Waals surface area contributed by atoms with Gasteiger partial charge in [-0.05, 0) is 6.42 Å².